The van der Waals surface area contributed by atoms with Gasteiger partial charge in [0.05, 0.1) is 24.9 Å². The van der Waals surface area contributed by atoms with Crippen molar-refractivity contribution in [2.75, 3.05) is 6.61 Å². The smallest absolute Gasteiger partial charge is 0.358 e. The van der Waals surface area contributed by atoms with Gasteiger partial charge in [-0.3, -0.25) is 4.68 Å². The molecule has 9 nitrogen and oxygen atoms in total. The van der Waals surface area contributed by atoms with Crippen molar-refractivity contribution in [1.82, 2.24) is 24.8 Å². The van der Waals surface area contributed by atoms with Gasteiger partial charge in [-0.05, 0) is 13.8 Å². The fourth-order valence-electron chi connectivity index (χ4n) is 2.21. The summed E-state index contributed by atoms with van der Waals surface area (Å²) in [6.07, 6.45) is -1.05. The molecule has 0 bridgehead atoms. The fraction of sp³-hybridized carbons (Fsp3) is 0.500. The van der Waals surface area contributed by atoms with Gasteiger partial charge in [0.25, 0.3) is 0 Å². The van der Waals surface area contributed by atoms with Gasteiger partial charge in [0, 0.05) is 18.3 Å². The molecule has 0 radical (unpaired) electrons. The third-order valence-electron chi connectivity index (χ3n) is 3.28. The second kappa shape index (κ2) is 5.62. The first-order chi connectivity index (χ1) is 9.86. The molecule has 2 rings (SSSR count). The lowest BCUT2D eigenvalue weighted by Gasteiger charge is -2.10. The van der Waals surface area contributed by atoms with E-state index < -0.39 is 18.7 Å². The molecule has 2 heterocycles. The van der Waals surface area contributed by atoms with Crippen molar-refractivity contribution in [2.45, 2.75) is 26.5 Å². The number of carboxylic acid groups (broad SMARTS) is 1. The lowest BCUT2D eigenvalue weighted by molar-refractivity contribution is 0.0690. The summed E-state index contributed by atoms with van der Waals surface area (Å²) in [7, 11) is 1.75. The number of hydrogen-bond donors (Lipinski definition) is 3. The third kappa shape index (κ3) is 2.65. The number of aryl methyl sites for hydroxylation is 2. The molecular formula is C12H17N5O4. The quantitative estimate of drug-likeness (QED) is 0.668. The van der Waals surface area contributed by atoms with Crippen LogP contribution in [0.4, 0.5) is 0 Å². The summed E-state index contributed by atoms with van der Waals surface area (Å²) >= 11 is 0. The molecule has 0 saturated carbocycles. The maximum atomic E-state index is 11.3. The van der Waals surface area contributed by atoms with Gasteiger partial charge in [-0.25, -0.2) is 9.48 Å². The van der Waals surface area contributed by atoms with Crippen LogP contribution >= 0.6 is 0 Å². The maximum Gasteiger partial charge on any atom is 0.358 e. The predicted molar refractivity (Wildman–Crippen MR) is 71.7 cm³/mol. The Morgan fingerprint density at radius 3 is 2.52 bits per heavy atom. The molecule has 21 heavy (non-hydrogen) atoms. The van der Waals surface area contributed by atoms with Crippen molar-refractivity contribution in [2.24, 2.45) is 7.05 Å². The predicted octanol–water partition coefficient (Wildman–Crippen LogP) is -0.653. The molecule has 9 heteroatoms. The monoisotopic (exact) mass is 295 g/mol. The van der Waals surface area contributed by atoms with Crippen LogP contribution in [-0.2, 0) is 13.6 Å². The van der Waals surface area contributed by atoms with E-state index in [2.05, 4.69) is 15.4 Å². The molecular weight excluding hydrogens is 278 g/mol. The van der Waals surface area contributed by atoms with Gasteiger partial charge < -0.3 is 15.3 Å². The average Bonchev–Trinajstić information content (AvgIpc) is 2.92. The van der Waals surface area contributed by atoms with Gasteiger partial charge in [-0.15, -0.1) is 5.10 Å². The summed E-state index contributed by atoms with van der Waals surface area (Å²) in [5.74, 6) is -1.21. The Morgan fingerprint density at radius 1 is 1.38 bits per heavy atom. The van der Waals surface area contributed by atoms with Crippen molar-refractivity contribution in [3.05, 3.63) is 17.1 Å². The minimum absolute atomic E-state index is 0.0557. The number of rotatable bonds is 5. The molecule has 0 aliphatic carbocycles. The standard InChI is InChI=1S/C12H17N5O4/c1-6-9(7(2)16(3)14-6)11-10(12(20)21)13-15-17(11)4-8(19)5-18/h8,18-19H,4-5H2,1-3H3,(H,20,21). The molecule has 0 fully saturated rings. The largest absolute Gasteiger partial charge is 0.476 e. The van der Waals surface area contributed by atoms with Crippen LogP contribution in [-0.4, -0.2) is 58.8 Å². The molecule has 0 aliphatic rings. The van der Waals surface area contributed by atoms with E-state index in [0.29, 0.717) is 11.3 Å². The Kier molecular flexibility index (Phi) is 4.05. The van der Waals surface area contributed by atoms with E-state index in [-0.39, 0.29) is 17.9 Å². The molecule has 0 saturated heterocycles. The Bertz CT molecular complexity index is 675. The average molecular weight is 295 g/mol. The molecule has 0 aliphatic heterocycles. The van der Waals surface area contributed by atoms with Crippen molar-refractivity contribution < 1.29 is 20.1 Å². The number of aromatic nitrogens is 5. The SMILES string of the molecule is Cc1nn(C)c(C)c1-c1c(C(=O)O)nnn1CC(O)CO. The first-order valence-corrected chi connectivity index (χ1v) is 6.33. The summed E-state index contributed by atoms with van der Waals surface area (Å²) in [6, 6.07) is 0. The van der Waals surface area contributed by atoms with Crippen molar-refractivity contribution in [3.8, 4) is 11.3 Å². The van der Waals surface area contributed by atoms with E-state index in [1.165, 1.54) is 4.68 Å². The topological polar surface area (TPSA) is 126 Å². The number of nitrogens with zero attached hydrogens (tertiary/aromatic N) is 5. The zero-order valence-electron chi connectivity index (χ0n) is 12.0. The lowest BCUT2D eigenvalue weighted by Crippen LogP contribution is -2.21. The van der Waals surface area contributed by atoms with Crippen molar-refractivity contribution >= 4 is 5.97 Å². The van der Waals surface area contributed by atoms with Crippen LogP contribution < -0.4 is 0 Å². The Hall–Kier alpha value is -2.26. The van der Waals surface area contributed by atoms with Gasteiger partial charge in [0.1, 0.15) is 5.69 Å². The minimum Gasteiger partial charge on any atom is -0.476 e. The molecule has 0 amide bonds. The van der Waals surface area contributed by atoms with Crippen LogP contribution in [0, 0.1) is 13.8 Å². The van der Waals surface area contributed by atoms with Crippen LogP contribution in [0.25, 0.3) is 11.3 Å². The molecule has 0 aromatic carbocycles. The molecule has 1 atom stereocenters. The number of aromatic carboxylic acids is 1. The highest BCUT2D eigenvalue weighted by Crippen LogP contribution is 2.28. The summed E-state index contributed by atoms with van der Waals surface area (Å²) in [6.45, 7) is 3.06. The van der Waals surface area contributed by atoms with Gasteiger partial charge in [0.15, 0.2) is 5.69 Å². The number of carboxylic acids is 1. The van der Waals surface area contributed by atoms with Crippen molar-refractivity contribution in [3.63, 3.8) is 0 Å². The highest BCUT2D eigenvalue weighted by Gasteiger charge is 2.26. The number of aliphatic hydroxyl groups is 2. The van der Waals surface area contributed by atoms with E-state index in [1.807, 2.05) is 0 Å². The van der Waals surface area contributed by atoms with E-state index in [0.717, 1.165) is 5.69 Å². The minimum atomic E-state index is -1.21. The van der Waals surface area contributed by atoms with Gasteiger partial charge in [-0.1, -0.05) is 5.21 Å². The zero-order chi connectivity index (χ0) is 15.7. The summed E-state index contributed by atoms with van der Waals surface area (Å²) in [5, 5.41) is 39.5. The molecule has 114 valence electrons. The van der Waals surface area contributed by atoms with Crippen LogP contribution in [0.15, 0.2) is 0 Å². The summed E-state index contributed by atoms with van der Waals surface area (Å²) in [5.41, 5.74) is 2.08. The Morgan fingerprint density at radius 2 is 2.05 bits per heavy atom. The number of aliphatic hydroxyl groups excluding tert-OH is 2. The highest BCUT2D eigenvalue weighted by molar-refractivity contribution is 5.93. The first kappa shape index (κ1) is 15.1. The third-order valence-corrected chi connectivity index (χ3v) is 3.28. The van der Waals surface area contributed by atoms with E-state index in [9.17, 15) is 15.0 Å². The van der Waals surface area contributed by atoms with Crippen LogP contribution in [0.5, 0.6) is 0 Å². The van der Waals surface area contributed by atoms with E-state index in [1.54, 1.807) is 25.6 Å². The number of hydrogen-bond acceptors (Lipinski definition) is 6. The fourth-order valence-corrected chi connectivity index (χ4v) is 2.21. The molecule has 2 aromatic heterocycles. The van der Waals surface area contributed by atoms with Gasteiger partial charge in [-0.2, -0.15) is 5.10 Å². The zero-order valence-corrected chi connectivity index (χ0v) is 12.0. The highest BCUT2D eigenvalue weighted by atomic mass is 16.4. The van der Waals surface area contributed by atoms with Gasteiger partial charge >= 0.3 is 5.97 Å². The first-order valence-electron chi connectivity index (χ1n) is 6.33. The molecule has 2 aromatic rings. The van der Waals surface area contributed by atoms with Crippen LogP contribution in [0.1, 0.15) is 21.9 Å². The Labute approximate surface area is 120 Å². The second-order valence-electron chi connectivity index (χ2n) is 4.78. The normalized spacial score (nSPS) is 12.6. The van der Waals surface area contributed by atoms with Gasteiger partial charge in [0.2, 0.25) is 0 Å². The lowest BCUT2D eigenvalue weighted by atomic mass is 10.1. The maximum absolute atomic E-state index is 11.3. The van der Waals surface area contributed by atoms with Crippen LogP contribution in [0.3, 0.4) is 0 Å². The van der Waals surface area contributed by atoms with E-state index >= 15 is 0 Å². The van der Waals surface area contributed by atoms with E-state index in [4.69, 9.17) is 5.11 Å². The second-order valence-corrected chi connectivity index (χ2v) is 4.78. The molecule has 0 spiro atoms. The number of carbonyl (C=O) groups is 1. The molecule has 3 N–H and O–H groups in total. The molecule has 1 unspecified atom stereocenters. The summed E-state index contributed by atoms with van der Waals surface area (Å²) < 4.78 is 2.91. The Balaban J connectivity index is 2.64. The summed E-state index contributed by atoms with van der Waals surface area (Å²) in [4.78, 5) is 11.3. The van der Waals surface area contributed by atoms with Crippen molar-refractivity contribution in [1.29, 1.82) is 0 Å². The van der Waals surface area contributed by atoms with Crippen LogP contribution in [0.2, 0.25) is 0 Å².